The summed E-state index contributed by atoms with van der Waals surface area (Å²) in [5.41, 5.74) is 2.63. The number of aryl methyl sites for hydroxylation is 1. The highest BCUT2D eigenvalue weighted by Gasteiger charge is 2.16. The van der Waals surface area contributed by atoms with Gasteiger partial charge in [0.2, 0.25) is 0 Å². The Morgan fingerprint density at radius 2 is 2.05 bits per heavy atom. The summed E-state index contributed by atoms with van der Waals surface area (Å²) in [5, 5.41) is 5.66. The molecule has 118 valence electrons. The minimum Gasteiger partial charge on any atom is -0.357 e. The zero-order valence-electron chi connectivity index (χ0n) is 13.5. The van der Waals surface area contributed by atoms with E-state index in [9.17, 15) is 0 Å². The molecule has 1 N–H and O–H groups in total. The highest BCUT2D eigenvalue weighted by Crippen LogP contribution is 2.21. The summed E-state index contributed by atoms with van der Waals surface area (Å²) in [6, 6.07) is 6.55. The number of pyridine rings is 1. The third kappa shape index (κ3) is 3.87. The van der Waals surface area contributed by atoms with Gasteiger partial charge in [0, 0.05) is 37.3 Å². The van der Waals surface area contributed by atoms with Gasteiger partial charge in [0.05, 0.1) is 0 Å². The van der Waals surface area contributed by atoms with Gasteiger partial charge in [-0.2, -0.15) is 0 Å². The molecule has 4 heteroatoms. The van der Waals surface area contributed by atoms with Crippen LogP contribution in [0.2, 0.25) is 0 Å². The monoisotopic (exact) mass is 315 g/mol. The van der Waals surface area contributed by atoms with E-state index in [4.69, 9.17) is 0 Å². The fourth-order valence-corrected chi connectivity index (χ4v) is 3.73. The Labute approximate surface area is 137 Å². The van der Waals surface area contributed by atoms with Gasteiger partial charge < -0.3 is 10.2 Å². The number of thiophene rings is 1. The minimum atomic E-state index is 0.862. The van der Waals surface area contributed by atoms with Crippen molar-refractivity contribution >= 4 is 17.2 Å². The van der Waals surface area contributed by atoms with Crippen LogP contribution in [-0.2, 0) is 13.1 Å². The van der Waals surface area contributed by atoms with Crippen molar-refractivity contribution < 1.29 is 0 Å². The number of piperidine rings is 1. The molecule has 0 unspecified atom stereocenters. The molecule has 0 bridgehead atoms. The van der Waals surface area contributed by atoms with Crippen molar-refractivity contribution in [1.82, 2.24) is 10.3 Å². The van der Waals surface area contributed by atoms with E-state index in [1.54, 1.807) is 0 Å². The normalized spacial score (nSPS) is 16.2. The van der Waals surface area contributed by atoms with Gasteiger partial charge in [0.1, 0.15) is 5.82 Å². The van der Waals surface area contributed by atoms with Crippen molar-refractivity contribution in [2.75, 3.05) is 18.0 Å². The molecule has 2 aromatic rings. The molecule has 2 aromatic heterocycles. The van der Waals surface area contributed by atoms with E-state index in [1.807, 2.05) is 17.5 Å². The maximum atomic E-state index is 4.65. The summed E-state index contributed by atoms with van der Waals surface area (Å²) < 4.78 is 0. The first-order valence-electron chi connectivity index (χ1n) is 8.16. The third-order valence-electron chi connectivity index (χ3n) is 4.50. The van der Waals surface area contributed by atoms with Crippen LogP contribution in [0.15, 0.2) is 29.8 Å². The molecule has 0 aliphatic carbocycles. The van der Waals surface area contributed by atoms with Crippen LogP contribution < -0.4 is 10.2 Å². The second-order valence-corrected chi connectivity index (χ2v) is 7.33. The molecule has 3 heterocycles. The lowest BCUT2D eigenvalue weighted by atomic mass is 9.99. The quantitative estimate of drug-likeness (QED) is 0.904. The van der Waals surface area contributed by atoms with Gasteiger partial charge in [0.25, 0.3) is 0 Å². The van der Waals surface area contributed by atoms with Crippen LogP contribution in [0.3, 0.4) is 0 Å². The predicted octanol–water partition coefficient (Wildman–Crippen LogP) is 3.98. The molecule has 0 spiro atoms. The SMILES string of the molecule is Cc1ccsc1CNCc1ccc(N2CCC(C)CC2)nc1. The predicted molar refractivity (Wildman–Crippen MR) is 94.4 cm³/mol. The Kier molecular flexibility index (Phi) is 5.11. The summed E-state index contributed by atoms with van der Waals surface area (Å²) in [5.74, 6) is 1.99. The number of hydrogen-bond donors (Lipinski definition) is 1. The van der Waals surface area contributed by atoms with Crippen molar-refractivity contribution in [2.24, 2.45) is 5.92 Å². The largest absolute Gasteiger partial charge is 0.357 e. The van der Waals surface area contributed by atoms with Crippen LogP contribution in [0.1, 0.15) is 35.8 Å². The minimum absolute atomic E-state index is 0.862. The Morgan fingerprint density at radius 3 is 2.68 bits per heavy atom. The zero-order valence-corrected chi connectivity index (χ0v) is 14.3. The van der Waals surface area contributed by atoms with E-state index in [-0.39, 0.29) is 0 Å². The Morgan fingerprint density at radius 1 is 1.23 bits per heavy atom. The van der Waals surface area contributed by atoms with E-state index in [2.05, 4.69) is 52.6 Å². The zero-order chi connectivity index (χ0) is 15.4. The van der Waals surface area contributed by atoms with E-state index >= 15 is 0 Å². The van der Waals surface area contributed by atoms with Crippen LogP contribution in [0.4, 0.5) is 5.82 Å². The third-order valence-corrected chi connectivity index (χ3v) is 5.52. The van der Waals surface area contributed by atoms with Gasteiger partial charge in [-0.05, 0) is 54.3 Å². The molecular formula is C18H25N3S. The molecule has 1 saturated heterocycles. The number of aromatic nitrogens is 1. The van der Waals surface area contributed by atoms with Crippen molar-refractivity contribution in [3.8, 4) is 0 Å². The standard InChI is InChI=1S/C18H25N3S/c1-14-5-8-21(9-6-14)18-4-3-16(12-20-18)11-19-13-17-15(2)7-10-22-17/h3-4,7,10,12,14,19H,5-6,8-9,11,13H2,1-2H3. The number of rotatable bonds is 5. The Balaban J connectivity index is 1.50. The number of hydrogen-bond acceptors (Lipinski definition) is 4. The fourth-order valence-electron chi connectivity index (χ4n) is 2.85. The smallest absolute Gasteiger partial charge is 0.128 e. The van der Waals surface area contributed by atoms with Crippen LogP contribution in [0.5, 0.6) is 0 Å². The van der Waals surface area contributed by atoms with Crippen LogP contribution in [-0.4, -0.2) is 18.1 Å². The van der Waals surface area contributed by atoms with Gasteiger partial charge in [-0.25, -0.2) is 4.98 Å². The average molecular weight is 315 g/mol. The van der Waals surface area contributed by atoms with Gasteiger partial charge in [-0.3, -0.25) is 0 Å². The van der Waals surface area contributed by atoms with Gasteiger partial charge in [-0.15, -0.1) is 11.3 Å². The highest BCUT2D eigenvalue weighted by molar-refractivity contribution is 7.10. The van der Waals surface area contributed by atoms with Crippen LogP contribution in [0, 0.1) is 12.8 Å². The van der Waals surface area contributed by atoms with Crippen molar-refractivity contribution in [2.45, 2.75) is 39.8 Å². The molecule has 1 aliphatic rings. The second-order valence-electron chi connectivity index (χ2n) is 6.32. The topological polar surface area (TPSA) is 28.2 Å². The molecule has 22 heavy (non-hydrogen) atoms. The first kappa shape index (κ1) is 15.5. The summed E-state index contributed by atoms with van der Waals surface area (Å²) in [6.07, 6.45) is 4.58. The van der Waals surface area contributed by atoms with Crippen LogP contribution in [0.25, 0.3) is 0 Å². The molecule has 0 amide bonds. The highest BCUT2D eigenvalue weighted by atomic mass is 32.1. The average Bonchev–Trinajstić information content (AvgIpc) is 2.94. The summed E-state index contributed by atoms with van der Waals surface area (Å²) >= 11 is 1.82. The van der Waals surface area contributed by atoms with E-state index in [0.717, 1.165) is 37.9 Å². The second kappa shape index (κ2) is 7.25. The molecule has 1 fully saturated rings. The molecule has 3 rings (SSSR count). The first-order chi connectivity index (χ1) is 10.7. The van der Waals surface area contributed by atoms with Crippen molar-refractivity contribution in [3.63, 3.8) is 0 Å². The summed E-state index contributed by atoms with van der Waals surface area (Å²) in [4.78, 5) is 8.48. The van der Waals surface area contributed by atoms with E-state index < -0.39 is 0 Å². The first-order valence-corrected chi connectivity index (χ1v) is 9.04. The van der Waals surface area contributed by atoms with Crippen molar-refractivity contribution in [3.05, 3.63) is 45.8 Å². The molecule has 0 aromatic carbocycles. The number of nitrogens with zero attached hydrogens (tertiary/aromatic N) is 2. The summed E-state index contributed by atoms with van der Waals surface area (Å²) in [6.45, 7) is 8.61. The lowest BCUT2D eigenvalue weighted by Gasteiger charge is -2.31. The summed E-state index contributed by atoms with van der Waals surface area (Å²) in [7, 11) is 0. The maximum absolute atomic E-state index is 4.65. The molecule has 0 saturated carbocycles. The van der Waals surface area contributed by atoms with Crippen molar-refractivity contribution in [1.29, 1.82) is 0 Å². The lowest BCUT2D eigenvalue weighted by molar-refractivity contribution is 0.436. The molecule has 1 aliphatic heterocycles. The number of anilines is 1. The molecule has 3 nitrogen and oxygen atoms in total. The van der Waals surface area contributed by atoms with E-state index in [0.29, 0.717) is 0 Å². The lowest BCUT2D eigenvalue weighted by Crippen LogP contribution is -2.33. The molecule has 0 radical (unpaired) electrons. The molecule has 0 atom stereocenters. The van der Waals surface area contributed by atoms with Gasteiger partial charge in [-0.1, -0.05) is 13.0 Å². The van der Waals surface area contributed by atoms with Gasteiger partial charge >= 0.3 is 0 Å². The Bertz CT molecular complexity index is 583. The van der Waals surface area contributed by atoms with Crippen LogP contribution >= 0.6 is 11.3 Å². The number of nitrogens with one attached hydrogen (secondary N) is 1. The fraction of sp³-hybridized carbons (Fsp3) is 0.500. The van der Waals surface area contributed by atoms with Gasteiger partial charge in [0.15, 0.2) is 0 Å². The maximum Gasteiger partial charge on any atom is 0.128 e. The molecular weight excluding hydrogens is 290 g/mol. The Hall–Kier alpha value is -1.39. The van der Waals surface area contributed by atoms with E-state index in [1.165, 1.54) is 28.8 Å².